The van der Waals surface area contributed by atoms with Crippen LogP contribution in [0.15, 0.2) is 18.2 Å². The van der Waals surface area contributed by atoms with Gasteiger partial charge in [0, 0.05) is 12.7 Å². The highest BCUT2D eigenvalue weighted by Gasteiger charge is 2.17. The van der Waals surface area contributed by atoms with Crippen molar-refractivity contribution in [3.63, 3.8) is 0 Å². The first-order valence-corrected chi connectivity index (χ1v) is 5.04. The smallest absolute Gasteiger partial charge is 0.311 e. The van der Waals surface area contributed by atoms with Crippen LogP contribution in [0, 0.1) is 10.1 Å². The molecule has 0 aliphatic rings. The Bertz CT molecular complexity index is 378. The van der Waals surface area contributed by atoms with Crippen molar-refractivity contribution in [3.8, 4) is 5.75 Å². The Kier molecular flexibility index (Phi) is 4.25. The first kappa shape index (κ1) is 12.4. The average Bonchev–Trinajstić information content (AvgIpc) is 2.28. The molecule has 88 valence electrons. The fourth-order valence-electron chi connectivity index (χ4n) is 1.45. The van der Waals surface area contributed by atoms with Crippen molar-refractivity contribution < 1.29 is 14.4 Å². The third-order valence-electron chi connectivity index (χ3n) is 2.29. The van der Waals surface area contributed by atoms with Crippen molar-refractivity contribution in [1.82, 2.24) is 0 Å². The maximum atomic E-state index is 10.8. The van der Waals surface area contributed by atoms with E-state index in [1.807, 2.05) is 13.8 Å². The van der Waals surface area contributed by atoms with Crippen molar-refractivity contribution >= 4 is 5.69 Å². The van der Waals surface area contributed by atoms with E-state index in [4.69, 9.17) is 9.47 Å². The molecule has 0 amide bonds. The van der Waals surface area contributed by atoms with Crippen LogP contribution < -0.4 is 4.74 Å². The van der Waals surface area contributed by atoms with E-state index in [1.54, 1.807) is 12.1 Å². The van der Waals surface area contributed by atoms with E-state index in [2.05, 4.69) is 0 Å². The molecule has 1 rings (SSSR count). The second-order valence-corrected chi connectivity index (χ2v) is 3.29. The van der Waals surface area contributed by atoms with Gasteiger partial charge >= 0.3 is 5.69 Å². The summed E-state index contributed by atoms with van der Waals surface area (Å²) in [5.41, 5.74) is 0.737. The number of hydrogen-bond donors (Lipinski definition) is 0. The molecule has 5 heteroatoms. The van der Waals surface area contributed by atoms with E-state index < -0.39 is 4.92 Å². The summed E-state index contributed by atoms with van der Waals surface area (Å²) in [5.74, 6) is 0.262. The highest BCUT2D eigenvalue weighted by molar-refractivity contribution is 5.49. The lowest BCUT2D eigenvalue weighted by molar-refractivity contribution is -0.385. The van der Waals surface area contributed by atoms with Gasteiger partial charge in [0.05, 0.1) is 18.1 Å². The van der Waals surface area contributed by atoms with E-state index in [0.29, 0.717) is 6.61 Å². The van der Waals surface area contributed by atoms with E-state index in [1.165, 1.54) is 13.2 Å². The third kappa shape index (κ3) is 2.70. The molecule has 1 aromatic rings. The third-order valence-corrected chi connectivity index (χ3v) is 2.29. The number of hydrogen-bond acceptors (Lipinski definition) is 4. The number of ether oxygens (including phenoxy) is 2. The Morgan fingerprint density at radius 1 is 1.50 bits per heavy atom. The van der Waals surface area contributed by atoms with Crippen LogP contribution in [0.25, 0.3) is 0 Å². The number of nitro groups is 1. The summed E-state index contributed by atoms with van der Waals surface area (Å²) in [6, 6.07) is 4.84. The van der Waals surface area contributed by atoms with E-state index in [0.717, 1.165) is 5.56 Å². The second-order valence-electron chi connectivity index (χ2n) is 3.29. The maximum absolute atomic E-state index is 10.8. The molecule has 0 fully saturated rings. The Balaban J connectivity index is 3.06. The fourth-order valence-corrected chi connectivity index (χ4v) is 1.45. The zero-order valence-corrected chi connectivity index (χ0v) is 9.60. The Labute approximate surface area is 94.1 Å². The summed E-state index contributed by atoms with van der Waals surface area (Å²) in [5, 5.41) is 10.8. The molecule has 0 aliphatic heterocycles. The van der Waals surface area contributed by atoms with E-state index >= 15 is 0 Å². The van der Waals surface area contributed by atoms with Gasteiger partial charge in [-0.25, -0.2) is 0 Å². The molecule has 0 heterocycles. The van der Waals surface area contributed by atoms with Crippen molar-refractivity contribution in [2.75, 3.05) is 13.7 Å². The van der Waals surface area contributed by atoms with Crippen LogP contribution in [0.3, 0.4) is 0 Å². The summed E-state index contributed by atoms with van der Waals surface area (Å²) >= 11 is 0. The highest BCUT2D eigenvalue weighted by atomic mass is 16.6. The molecule has 0 aliphatic carbocycles. The van der Waals surface area contributed by atoms with Crippen molar-refractivity contribution in [2.45, 2.75) is 20.0 Å². The van der Waals surface area contributed by atoms with Crippen molar-refractivity contribution in [3.05, 3.63) is 33.9 Å². The van der Waals surface area contributed by atoms with Gasteiger partial charge in [0.25, 0.3) is 0 Å². The quantitative estimate of drug-likeness (QED) is 0.571. The van der Waals surface area contributed by atoms with Crippen LogP contribution in [0.5, 0.6) is 5.75 Å². The van der Waals surface area contributed by atoms with Gasteiger partial charge in [0.2, 0.25) is 0 Å². The molecular weight excluding hydrogens is 210 g/mol. The lowest BCUT2D eigenvalue weighted by atomic mass is 10.1. The van der Waals surface area contributed by atoms with Gasteiger partial charge in [0.15, 0.2) is 5.75 Å². The van der Waals surface area contributed by atoms with Crippen molar-refractivity contribution in [1.29, 1.82) is 0 Å². The summed E-state index contributed by atoms with van der Waals surface area (Å²) in [6.45, 7) is 4.31. The lowest BCUT2D eigenvalue weighted by Gasteiger charge is -2.12. The number of nitro benzene ring substituents is 1. The molecule has 0 radical (unpaired) electrons. The molecule has 16 heavy (non-hydrogen) atoms. The second kappa shape index (κ2) is 5.46. The molecule has 1 unspecified atom stereocenters. The topological polar surface area (TPSA) is 61.6 Å². The molecule has 0 N–H and O–H groups in total. The summed E-state index contributed by atoms with van der Waals surface area (Å²) in [6.07, 6.45) is -0.158. The highest BCUT2D eigenvalue weighted by Crippen LogP contribution is 2.30. The van der Waals surface area contributed by atoms with Crippen molar-refractivity contribution in [2.24, 2.45) is 0 Å². The summed E-state index contributed by atoms with van der Waals surface area (Å²) in [4.78, 5) is 10.3. The molecule has 0 spiro atoms. The number of nitrogens with zero attached hydrogens (tertiary/aromatic N) is 1. The molecule has 1 aromatic carbocycles. The SMILES string of the molecule is CCOC(C)c1ccc(OC)c([N+](=O)[O-])c1. The zero-order valence-electron chi connectivity index (χ0n) is 9.60. The van der Waals surface area contributed by atoms with E-state index in [-0.39, 0.29) is 17.5 Å². The molecule has 5 nitrogen and oxygen atoms in total. The maximum Gasteiger partial charge on any atom is 0.311 e. The predicted octanol–water partition coefficient (Wildman–Crippen LogP) is 2.70. The van der Waals surface area contributed by atoms with E-state index in [9.17, 15) is 10.1 Å². The normalized spacial score (nSPS) is 12.2. The molecule has 0 bridgehead atoms. The van der Waals surface area contributed by atoms with Crippen LogP contribution in [-0.2, 0) is 4.74 Å². The zero-order chi connectivity index (χ0) is 12.1. The average molecular weight is 225 g/mol. The molecular formula is C11H15NO4. The number of methoxy groups -OCH3 is 1. The summed E-state index contributed by atoms with van der Waals surface area (Å²) < 4.78 is 10.3. The Morgan fingerprint density at radius 2 is 2.19 bits per heavy atom. The first-order chi connectivity index (χ1) is 7.60. The molecule has 0 saturated carbocycles. The molecule has 0 aromatic heterocycles. The minimum atomic E-state index is -0.457. The molecule has 1 atom stereocenters. The summed E-state index contributed by atoms with van der Waals surface area (Å²) in [7, 11) is 1.41. The number of benzene rings is 1. The van der Waals surface area contributed by atoms with Crippen LogP contribution in [0.2, 0.25) is 0 Å². The van der Waals surface area contributed by atoms with Gasteiger partial charge in [-0.1, -0.05) is 6.07 Å². The Hall–Kier alpha value is -1.62. The monoisotopic (exact) mass is 225 g/mol. The van der Waals surface area contributed by atoms with Gasteiger partial charge in [-0.3, -0.25) is 10.1 Å². The van der Waals surface area contributed by atoms with Gasteiger partial charge in [0.1, 0.15) is 0 Å². The minimum Gasteiger partial charge on any atom is -0.490 e. The standard InChI is InChI=1S/C11H15NO4/c1-4-16-8(2)9-5-6-11(15-3)10(7-9)12(13)14/h5-8H,4H2,1-3H3. The first-order valence-electron chi connectivity index (χ1n) is 5.04. The lowest BCUT2D eigenvalue weighted by Crippen LogP contribution is -2.01. The fraction of sp³-hybridized carbons (Fsp3) is 0.455. The van der Waals surface area contributed by atoms with Crippen LogP contribution in [0.1, 0.15) is 25.5 Å². The van der Waals surface area contributed by atoms with Crippen LogP contribution in [0.4, 0.5) is 5.69 Å². The largest absolute Gasteiger partial charge is 0.490 e. The number of rotatable bonds is 5. The van der Waals surface area contributed by atoms with Crippen LogP contribution >= 0.6 is 0 Å². The van der Waals surface area contributed by atoms with Crippen LogP contribution in [-0.4, -0.2) is 18.6 Å². The van der Waals surface area contributed by atoms with Gasteiger partial charge < -0.3 is 9.47 Å². The Morgan fingerprint density at radius 3 is 2.69 bits per heavy atom. The van der Waals surface area contributed by atoms with Gasteiger partial charge in [-0.15, -0.1) is 0 Å². The minimum absolute atomic E-state index is 0.0356. The van der Waals surface area contributed by atoms with Gasteiger partial charge in [-0.2, -0.15) is 0 Å². The molecule has 0 saturated heterocycles. The predicted molar refractivity (Wildman–Crippen MR) is 59.7 cm³/mol. The van der Waals surface area contributed by atoms with Gasteiger partial charge in [-0.05, 0) is 25.5 Å².